The third-order valence-electron chi connectivity index (χ3n) is 4.09. The Kier molecular flexibility index (Phi) is 4.81. The Bertz CT molecular complexity index is 429. The number of rotatable bonds is 4. The van der Waals surface area contributed by atoms with Crippen LogP contribution in [0.2, 0.25) is 0 Å². The first-order valence-electron chi connectivity index (χ1n) is 6.98. The van der Waals surface area contributed by atoms with Crippen LogP contribution in [0.1, 0.15) is 43.6 Å². The number of methoxy groups -OCH3 is 1. The molecule has 0 heterocycles. The molecule has 0 aromatic heterocycles. The second-order valence-corrected chi connectivity index (χ2v) is 5.27. The van der Waals surface area contributed by atoms with Crippen molar-refractivity contribution < 1.29 is 9.84 Å². The van der Waals surface area contributed by atoms with Crippen LogP contribution in [0.4, 0.5) is 0 Å². The molecule has 0 spiro atoms. The summed E-state index contributed by atoms with van der Waals surface area (Å²) in [4.78, 5) is 0. The zero-order valence-corrected chi connectivity index (χ0v) is 11.4. The molecule has 2 atom stereocenters. The summed E-state index contributed by atoms with van der Waals surface area (Å²) in [5.41, 5.74) is 0.876. The maximum Gasteiger partial charge on any atom is 0.118 e. The summed E-state index contributed by atoms with van der Waals surface area (Å²) in [6, 6.07) is 9.69. The highest BCUT2D eigenvalue weighted by molar-refractivity contribution is 5.33. The number of hydrogen-bond acceptors (Lipinski definition) is 3. The molecular formula is C16H21NO2. The van der Waals surface area contributed by atoms with Gasteiger partial charge in [0.1, 0.15) is 5.75 Å². The molecule has 1 aliphatic carbocycles. The summed E-state index contributed by atoms with van der Waals surface area (Å²) in [6.45, 7) is 0. The summed E-state index contributed by atoms with van der Waals surface area (Å²) in [5, 5.41) is 19.8. The summed E-state index contributed by atoms with van der Waals surface area (Å²) >= 11 is 0. The quantitative estimate of drug-likeness (QED) is 0.903. The molecule has 0 aliphatic heterocycles. The maximum atomic E-state index is 10.5. The van der Waals surface area contributed by atoms with Crippen molar-refractivity contribution in [2.75, 3.05) is 7.11 Å². The van der Waals surface area contributed by atoms with E-state index >= 15 is 0 Å². The summed E-state index contributed by atoms with van der Waals surface area (Å²) in [7, 11) is 1.62. The van der Waals surface area contributed by atoms with Gasteiger partial charge < -0.3 is 9.84 Å². The van der Waals surface area contributed by atoms with Crippen molar-refractivity contribution in [3.05, 3.63) is 29.8 Å². The van der Waals surface area contributed by atoms with Crippen LogP contribution < -0.4 is 4.74 Å². The number of nitriles is 1. The molecule has 0 amide bonds. The van der Waals surface area contributed by atoms with Gasteiger partial charge in [-0.25, -0.2) is 0 Å². The zero-order valence-electron chi connectivity index (χ0n) is 11.4. The van der Waals surface area contributed by atoms with Gasteiger partial charge in [-0.15, -0.1) is 0 Å². The number of ether oxygens (including phenoxy) is 1. The van der Waals surface area contributed by atoms with Crippen molar-refractivity contribution >= 4 is 0 Å². The largest absolute Gasteiger partial charge is 0.497 e. The van der Waals surface area contributed by atoms with Crippen LogP contribution in [-0.4, -0.2) is 18.3 Å². The Balaban J connectivity index is 2.11. The van der Waals surface area contributed by atoms with Crippen LogP contribution >= 0.6 is 0 Å². The molecule has 1 fully saturated rings. The average molecular weight is 259 g/mol. The van der Waals surface area contributed by atoms with Crippen molar-refractivity contribution in [2.24, 2.45) is 5.92 Å². The molecule has 1 N–H and O–H groups in total. The van der Waals surface area contributed by atoms with Crippen molar-refractivity contribution in [3.8, 4) is 11.8 Å². The van der Waals surface area contributed by atoms with E-state index in [2.05, 4.69) is 6.07 Å². The Labute approximate surface area is 114 Å². The van der Waals surface area contributed by atoms with E-state index in [4.69, 9.17) is 4.74 Å². The second-order valence-electron chi connectivity index (χ2n) is 5.27. The minimum atomic E-state index is -0.557. The highest BCUT2D eigenvalue weighted by Gasteiger charge is 2.29. The third kappa shape index (κ3) is 3.27. The smallest absolute Gasteiger partial charge is 0.118 e. The molecule has 3 heteroatoms. The normalized spacial score (nSPS) is 19.4. The van der Waals surface area contributed by atoms with Crippen LogP contribution in [0.25, 0.3) is 0 Å². The number of benzene rings is 1. The van der Waals surface area contributed by atoms with Crippen molar-refractivity contribution in [3.63, 3.8) is 0 Å². The molecule has 1 aromatic rings. The van der Waals surface area contributed by atoms with Gasteiger partial charge in [0, 0.05) is 0 Å². The van der Waals surface area contributed by atoms with Crippen LogP contribution in [0, 0.1) is 17.2 Å². The number of aliphatic hydroxyl groups excluding tert-OH is 1. The molecule has 3 nitrogen and oxygen atoms in total. The Morgan fingerprint density at radius 1 is 1.21 bits per heavy atom. The van der Waals surface area contributed by atoms with Gasteiger partial charge in [0.25, 0.3) is 0 Å². The number of nitrogens with zero attached hydrogens (tertiary/aromatic N) is 1. The van der Waals surface area contributed by atoms with Gasteiger partial charge in [-0.3, -0.25) is 0 Å². The highest BCUT2D eigenvalue weighted by atomic mass is 16.5. The standard InChI is InChI=1S/C16H21NO2/c1-19-14-9-7-12(8-10-14)15(11-17)16(18)13-5-3-2-4-6-13/h7-10,13,15-16,18H,2-6H2,1H3/t15-,16+/m0/s1. The van der Waals surface area contributed by atoms with Crippen molar-refractivity contribution in [2.45, 2.75) is 44.1 Å². The molecule has 1 saturated carbocycles. The van der Waals surface area contributed by atoms with Gasteiger partial charge in [0.05, 0.1) is 25.2 Å². The summed E-state index contributed by atoms with van der Waals surface area (Å²) in [5.74, 6) is 0.599. The minimum absolute atomic E-state index is 0.264. The minimum Gasteiger partial charge on any atom is -0.497 e. The predicted molar refractivity (Wildman–Crippen MR) is 73.9 cm³/mol. The van der Waals surface area contributed by atoms with Gasteiger partial charge in [0.2, 0.25) is 0 Å². The summed E-state index contributed by atoms with van der Waals surface area (Å²) < 4.78 is 5.11. The van der Waals surface area contributed by atoms with Crippen molar-refractivity contribution in [1.82, 2.24) is 0 Å². The lowest BCUT2D eigenvalue weighted by Gasteiger charge is -2.29. The monoisotopic (exact) mass is 259 g/mol. The lowest BCUT2D eigenvalue weighted by atomic mass is 9.79. The van der Waals surface area contributed by atoms with Crippen LogP contribution in [0.5, 0.6) is 5.75 Å². The Hall–Kier alpha value is -1.53. The predicted octanol–water partition coefficient (Wildman–Crippen LogP) is 3.24. The molecule has 0 saturated heterocycles. The zero-order chi connectivity index (χ0) is 13.7. The lowest BCUT2D eigenvalue weighted by molar-refractivity contribution is 0.0744. The maximum absolute atomic E-state index is 10.5. The fourth-order valence-electron chi connectivity index (χ4n) is 2.91. The SMILES string of the molecule is COc1ccc([C@H](C#N)[C@H](O)C2CCCCC2)cc1. The fraction of sp³-hybridized carbons (Fsp3) is 0.562. The van der Waals surface area contributed by atoms with E-state index in [0.717, 1.165) is 24.2 Å². The molecule has 2 rings (SSSR count). The first kappa shape index (κ1) is 13.9. The summed E-state index contributed by atoms with van der Waals surface area (Å²) in [6.07, 6.45) is 5.11. The lowest BCUT2D eigenvalue weighted by Crippen LogP contribution is -2.28. The Morgan fingerprint density at radius 2 is 1.84 bits per heavy atom. The van der Waals surface area contributed by atoms with Gasteiger partial charge in [-0.05, 0) is 36.5 Å². The van der Waals surface area contributed by atoms with Gasteiger partial charge in [-0.2, -0.15) is 5.26 Å². The molecule has 1 aliphatic rings. The van der Waals surface area contributed by atoms with E-state index < -0.39 is 12.0 Å². The molecule has 19 heavy (non-hydrogen) atoms. The second kappa shape index (κ2) is 6.58. The van der Waals surface area contributed by atoms with E-state index in [1.54, 1.807) is 7.11 Å². The Morgan fingerprint density at radius 3 is 2.37 bits per heavy atom. The van der Waals surface area contributed by atoms with Crippen LogP contribution in [0.15, 0.2) is 24.3 Å². The highest BCUT2D eigenvalue weighted by Crippen LogP contribution is 2.33. The van der Waals surface area contributed by atoms with Gasteiger partial charge >= 0.3 is 0 Å². The van der Waals surface area contributed by atoms with E-state index in [-0.39, 0.29) is 5.92 Å². The first-order chi connectivity index (χ1) is 9.26. The third-order valence-corrected chi connectivity index (χ3v) is 4.09. The van der Waals surface area contributed by atoms with Gasteiger partial charge in [-0.1, -0.05) is 31.4 Å². The molecule has 0 unspecified atom stereocenters. The number of hydrogen-bond donors (Lipinski definition) is 1. The van der Waals surface area contributed by atoms with E-state index in [1.807, 2.05) is 24.3 Å². The molecule has 1 aromatic carbocycles. The van der Waals surface area contributed by atoms with E-state index in [0.29, 0.717) is 0 Å². The molecular weight excluding hydrogens is 238 g/mol. The molecule has 0 bridgehead atoms. The van der Waals surface area contributed by atoms with E-state index in [9.17, 15) is 10.4 Å². The topological polar surface area (TPSA) is 53.2 Å². The van der Waals surface area contributed by atoms with Crippen LogP contribution in [0.3, 0.4) is 0 Å². The van der Waals surface area contributed by atoms with E-state index in [1.165, 1.54) is 19.3 Å². The first-order valence-corrected chi connectivity index (χ1v) is 6.98. The average Bonchev–Trinajstić information content (AvgIpc) is 2.49. The molecule has 0 radical (unpaired) electrons. The fourth-order valence-corrected chi connectivity index (χ4v) is 2.91. The number of aliphatic hydroxyl groups is 1. The van der Waals surface area contributed by atoms with Crippen molar-refractivity contribution in [1.29, 1.82) is 5.26 Å². The van der Waals surface area contributed by atoms with Gasteiger partial charge in [0.15, 0.2) is 0 Å². The molecule has 102 valence electrons. The van der Waals surface area contributed by atoms with Crippen LogP contribution in [-0.2, 0) is 0 Å².